The average Bonchev–Trinajstić information content (AvgIpc) is 3.06. The van der Waals surface area contributed by atoms with E-state index in [0.717, 1.165) is 22.5 Å². The molecule has 128 valence electrons. The van der Waals surface area contributed by atoms with E-state index in [2.05, 4.69) is 22.8 Å². The summed E-state index contributed by atoms with van der Waals surface area (Å²) >= 11 is 0. The van der Waals surface area contributed by atoms with Crippen LogP contribution in [0.1, 0.15) is 12.2 Å². The molecule has 2 aromatic carbocycles. The molecule has 0 N–H and O–H groups in total. The maximum Gasteiger partial charge on any atom is 0.223 e. The molecule has 25 heavy (non-hydrogen) atoms. The van der Waals surface area contributed by atoms with Gasteiger partial charge in [0.05, 0.1) is 24.2 Å². The highest BCUT2D eigenvalue weighted by Gasteiger charge is 2.18. The van der Waals surface area contributed by atoms with Crippen molar-refractivity contribution in [3.05, 3.63) is 60.4 Å². The third-order valence-corrected chi connectivity index (χ3v) is 4.57. The summed E-state index contributed by atoms with van der Waals surface area (Å²) in [4.78, 5) is 19.1. The summed E-state index contributed by atoms with van der Waals surface area (Å²) in [6.45, 7) is 2.64. The predicted molar refractivity (Wildman–Crippen MR) is 96.8 cm³/mol. The van der Waals surface area contributed by atoms with Gasteiger partial charge in [0.15, 0.2) is 0 Å². The topological polar surface area (TPSA) is 47.4 Å². The highest BCUT2D eigenvalue weighted by atomic mass is 16.5. The normalized spacial score (nSPS) is 14.8. The smallest absolute Gasteiger partial charge is 0.223 e. The van der Waals surface area contributed by atoms with Gasteiger partial charge < -0.3 is 9.64 Å². The van der Waals surface area contributed by atoms with Gasteiger partial charge in [-0.05, 0) is 24.3 Å². The summed E-state index contributed by atoms with van der Waals surface area (Å²) in [5.41, 5.74) is 3.10. The first kappa shape index (κ1) is 15.8. The fourth-order valence-electron chi connectivity index (χ4n) is 3.30. The van der Waals surface area contributed by atoms with Gasteiger partial charge in [-0.3, -0.25) is 9.36 Å². The van der Waals surface area contributed by atoms with E-state index in [1.54, 1.807) is 0 Å². The molecule has 1 aromatic heterocycles. The summed E-state index contributed by atoms with van der Waals surface area (Å²) in [5, 5.41) is 0. The van der Waals surface area contributed by atoms with Gasteiger partial charge >= 0.3 is 0 Å². The molecular formula is C20H21N3O2. The lowest BCUT2D eigenvalue weighted by molar-refractivity contribution is -0.135. The quantitative estimate of drug-likeness (QED) is 0.736. The Morgan fingerprint density at radius 1 is 1.00 bits per heavy atom. The van der Waals surface area contributed by atoms with Crippen molar-refractivity contribution in [1.82, 2.24) is 14.5 Å². The largest absolute Gasteiger partial charge is 0.378 e. The van der Waals surface area contributed by atoms with Crippen LogP contribution in [0.4, 0.5) is 0 Å². The third kappa shape index (κ3) is 3.28. The van der Waals surface area contributed by atoms with Gasteiger partial charge in [0.2, 0.25) is 5.91 Å². The van der Waals surface area contributed by atoms with E-state index in [1.807, 2.05) is 41.3 Å². The van der Waals surface area contributed by atoms with E-state index in [1.165, 1.54) is 0 Å². The number of para-hydroxylation sites is 3. The summed E-state index contributed by atoms with van der Waals surface area (Å²) in [6.07, 6.45) is 1.09. The van der Waals surface area contributed by atoms with E-state index >= 15 is 0 Å². The highest BCUT2D eigenvalue weighted by Crippen LogP contribution is 2.22. The van der Waals surface area contributed by atoms with Crippen molar-refractivity contribution in [3.8, 4) is 5.69 Å². The van der Waals surface area contributed by atoms with E-state index < -0.39 is 0 Å². The number of ether oxygens (including phenoxy) is 1. The van der Waals surface area contributed by atoms with Crippen LogP contribution in [0.15, 0.2) is 54.6 Å². The van der Waals surface area contributed by atoms with Gasteiger partial charge in [0.25, 0.3) is 0 Å². The number of aromatic nitrogens is 2. The van der Waals surface area contributed by atoms with Crippen molar-refractivity contribution in [3.63, 3.8) is 0 Å². The molecule has 1 aliphatic heterocycles. The van der Waals surface area contributed by atoms with Crippen LogP contribution in [-0.2, 0) is 16.0 Å². The molecule has 1 fully saturated rings. The fourth-order valence-corrected chi connectivity index (χ4v) is 3.30. The number of carbonyl (C=O) groups excluding carboxylic acids is 1. The maximum absolute atomic E-state index is 12.5. The first-order valence-corrected chi connectivity index (χ1v) is 8.70. The van der Waals surface area contributed by atoms with Gasteiger partial charge in [-0.1, -0.05) is 30.3 Å². The second-order valence-corrected chi connectivity index (χ2v) is 6.18. The molecule has 0 atom stereocenters. The first-order valence-electron chi connectivity index (χ1n) is 8.70. The second-order valence-electron chi connectivity index (χ2n) is 6.18. The maximum atomic E-state index is 12.5. The molecule has 2 heterocycles. The number of rotatable bonds is 4. The predicted octanol–water partition coefficient (Wildman–Crippen LogP) is 2.82. The summed E-state index contributed by atoms with van der Waals surface area (Å²) < 4.78 is 7.47. The molecule has 0 unspecified atom stereocenters. The van der Waals surface area contributed by atoms with Gasteiger partial charge in [-0.15, -0.1) is 0 Å². The van der Waals surface area contributed by atoms with E-state index in [9.17, 15) is 4.79 Å². The molecule has 1 aliphatic rings. The van der Waals surface area contributed by atoms with Crippen LogP contribution in [0.25, 0.3) is 16.7 Å². The standard InChI is InChI=1S/C20H21N3O2/c24-20(22-12-14-25-15-13-22)11-10-19-21-17-8-4-5-9-18(17)23(19)16-6-2-1-3-7-16/h1-9H,10-15H2. The number of carbonyl (C=O) groups is 1. The zero-order valence-electron chi connectivity index (χ0n) is 14.1. The van der Waals surface area contributed by atoms with Gasteiger partial charge in [0.1, 0.15) is 5.82 Å². The molecule has 5 heteroatoms. The monoisotopic (exact) mass is 335 g/mol. The second kappa shape index (κ2) is 7.07. The van der Waals surface area contributed by atoms with Crippen molar-refractivity contribution < 1.29 is 9.53 Å². The minimum Gasteiger partial charge on any atom is -0.378 e. The van der Waals surface area contributed by atoms with E-state index in [4.69, 9.17) is 9.72 Å². The molecule has 5 nitrogen and oxygen atoms in total. The summed E-state index contributed by atoms with van der Waals surface area (Å²) in [5.74, 6) is 1.10. The molecule has 0 spiro atoms. The SMILES string of the molecule is O=C(CCc1nc2ccccc2n1-c1ccccc1)N1CCOCC1. The van der Waals surface area contributed by atoms with E-state index in [-0.39, 0.29) is 5.91 Å². The number of morpholine rings is 1. The molecule has 0 aliphatic carbocycles. The van der Waals surface area contributed by atoms with Crippen molar-refractivity contribution in [2.24, 2.45) is 0 Å². The minimum atomic E-state index is 0.176. The van der Waals surface area contributed by atoms with Crippen LogP contribution in [0.3, 0.4) is 0 Å². The van der Waals surface area contributed by atoms with Crippen LogP contribution in [-0.4, -0.2) is 46.7 Å². The highest BCUT2D eigenvalue weighted by molar-refractivity contribution is 5.79. The zero-order valence-corrected chi connectivity index (χ0v) is 14.1. The lowest BCUT2D eigenvalue weighted by Gasteiger charge is -2.26. The van der Waals surface area contributed by atoms with Crippen LogP contribution >= 0.6 is 0 Å². The summed E-state index contributed by atoms with van der Waals surface area (Å²) in [6, 6.07) is 18.3. The molecular weight excluding hydrogens is 314 g/mol. The van der Waals surface area contributed by atoms with Gasteiger partial charge in [-0.2, -0.15) is 0 Å². The summed E-state index contributed by atoms with van der Waals surface area (Å²) in [7, 11) is 0. The van der Waals surface area contributed by atoms with Crippen molar-refractivity contribution in [2.75, 3.05) is 26.3 Å². The van der Waals surface area contributed by atoms with Crippen molar-refractivity contribution >= 4 is 16.9 Å². The fraction of sp³-hybridized carbons (Fsp3) is 0.300. The Balaban J connectivity index is 1.61. The molecule has 3 aromatic rings. The molecule has 0 radical (unpaired) electrons. The Bertz CT molecular complexity index is 867. The van der Waals surface area contributed by atoms with Gasteiger partial charge in [-0.25, -0.2) is 4.98 Å². The number of benzene rings is 2. The average molecular weight is 335 g/mol. The Labute approximate surface area is 146 Å². The minimum absolute atomic E-state index is 0.176. The third-order valence-electron chi connectivity index (χ3n) is 4.57. The number of fused-ring (bicyclic) bond motifs is 1. The Morgan fingerprint density at radius 3 is 2.52 bits per heavy atom. The molecule has 1 amide bonds. The van der Waals surface area contributed by atoms with E-state index in [0.29, 0.717) is 39.1 Å². The van der Waals surface area contributed by atoms with Crippen LogP contribution in [0, 0.1) is 0 Å². The molecule has 0 saturated carbocycles. The number of amides is 1. The number of hydrogen-bond acceptors (Lipinski definition) is 3. The number of nitrogens with zero attached hydrogens (tertiary/aromatic N) is 3. The lowest BCUT2D eigenvalue weighted by Crippen LogP contribution is -2.40. The van der Waals surface area contributed by atoms with Crippen LogP contribution in [0.2, 0.25) is 0 Å². The van der Waals surface area contributed by atoms with Gasteiger partial charge in [0, 0.05) is 31.6 Å². The van der Waals surface area contributed by atoms with Crippen LogP contribution in [0.5, 0.6) is 0 Å². The Hall–Kier alpha value is -2.66. The van der Waals surface area contributed by atoms with Crippen molar-refractivity contribution in [2.45, 2.75) is 12.8 Å². The molecule has 0 bridgehead atoms. The Kier molecular flexibility index (Phi) is 4.48. The van der Waals surface area contributed by atoms with Crippen LogP contribution < -0.4 is 0 Å². The number of hydrogen-bond donors (Lipinski definition) is 0. The number of imidazole rings is 1. The van der Waals surface area contributed by atoms with Crippen molar-refractivity contribution in [1.29, 1.82) is 0 Å². The zero-order chi connectivity index (χ0) is 17.1. The Morgan fingerprint density at radius 2 is 1.72 bits per heavy atom. The molecule has 1 saturated heterocycles. The number of aryl methyl sites for hydroxylation is 1. The molecule has 4 rings (SSSR count). The first-order chi connectivity index (χ1) is 12.3. The lowest BCUT2D eigenvalue weighted by atomic mass is 10.2.